The van der Waals surface area contributed by atoms with Crippen LogP contribution in [-0.2, 0) is 4.79 Å². The van der Waals surface area contributed by atoms with Crippen LogP contribution in [0.2, 0.25) is 0 Å². The topological polar surface area (TPSA) is 53.4 Å². The Kier molecular flexibility index (Phi) is 5.34. The smallest absolute Gasteiger partial charge is 0.305 e. The van der Waals surface area contributed by atoms with Crippen LogP contribution in [0.1, 0.15) is 39.8 Å². The van der Waals surface area contributed by atoms with Gasteiger partial charge in [0.05, 0.1) is 12.1 Å². The van der Waals surface area contributed by atoms with Crippen molar-refractivity contribution in [2.24, 2.45) is 0 Å². The molecule has 4 nitrogen and oxygen atoms in total. The number of nitrogens with zero attached hydrogens (tertiary/aromatic N) is 2. The second-order valence-corrected chi connectivity index (χ2v) is 5.25. The Morgan fingerprint density at radius 3 is 2.78 bits per heavy atom. The molecule has 1 rings (SSSR count). The zero-order chi connectivity index (χ0) is 13.7. The van der Waals surface area contributed by atoms with Gasteiger partial charge in [-0.2, -0.15) is 0 Å². The number of rotatable bonds is 6. The van der Waals surface area contributed by atoms with Crippen LogP contribution in [0.4, 0.5) is 5.13 Å². The van der Waals surface area contributed by atoms with Crippen LogP contribution >= 0.6 is 11.3 Å². The largest absolute Gasteiger partial charge is 0.481 e. The molecule has 0 saturated heterocycles. The lowest BCUT2D eigenvalue weighted by Gasteiger charge is -2.25. The molecule has 0 bridgehead atoms. The maximum Gasteiger partial charge on any atom is 0.305 e. The number of allylic oxidation sites excluding steroid dienone is 2. The second-order valence-electron chi connectivity index (χ2n) is 4.42. The summed E-state index contributed by atoms with van der Waals surface area (Å²) in [5.41, 5.74) is 2.11. The van der Waals surface area contributed by atoms with E-state index in [0.29, 0.717) is 6.54 Å². The zero-order valence-electron chi connectivity index (χ0n) is 11.3. The van der Waals surface area contributed by atoms with Crippen molar-refractivity contribution < 1.29 is 9.90 Å². The average molecular weight is 268 g/mol. The van der Waals surface area contributed by atoms with Crippen LogP contribution in [0, 0.1) is 0 Å². The lowest BCUT2D eigenvalue weighted by Crippen LogP contribution is -2.32. The van der Waals surface area contributed by atoms with Crippen LogP contribution < -0.4 is 4.90 Å². The fourth-order valence-corrected chi connectivity index (χ4v) is 2.56. The van der Waals surface area contributed by atoms with Crippen molar-refractivity contribution in [2.45, 2.75) is 40.2 Å². The molecule has 0 fully saturated rings. The Morgan fingerprint density at radius 1 is 1.61 bits per heavy atom. The van der Waals surface area contributed by atoms with Gasteiger partial charge in [0.25, 0.3) is 0 Å². The summed E-state index contributed by atoms with van der Waals surface area (Å²) in [6, 6.07) is 0.245. The van der Waals surface area contributed by atoms with Gasteiger partial charge < -0.3 is 10.0 Å². The number of aromatic nitrogens is 1. The summed E-state index contributed by atoms with van der Waals surface area (Å²) in [4.78, 5) is 17.3. The Hall–Kier alpha value is -1.36. The highest BCUT2D eigenvalue weighted by Crippen LogP contribution is 2.26. The maximum absolute atomic E-state index is 10.7. The molecule has 100 valence electrons. The fraction of sp³-hybridized carbons (Fsp3) is 0.538. The summed E-state index contributed by atoms with van der Waals surface area (Å²) in [5.74, 6) is -0.776. The van der Waals surface area contributed by atoms with E-state index in [2.05, 4.69) is 4.98 Å². The predicted molar refractivity (Wildman–Crippen MR) is 76.2 cm³/mol. The molecule has 1 N–H and O–H groups in total. The number of carbonyl (C=O) groups is 1. The first-order valence-electron chi connectivity index (χ1n) is 6.03. The number of anilines is 1. The molecule has 5 heteroatoms. The van der Waals surface area contributed by atoms with Crippen molar-refractivity contribution in [3.8, 4) is 0 Å². The molecule has 0 aromatic carbocycles. The first-order valence-corrected chi connectivity index (χ1v) is 6.91. The van der Waals surface area contributed by atoms with Gasteiger partial charge in [0.15, 0.2) is 5.13 Å². The fourth-order valence-electron chi connectivity index (χ4n) is 1.52. The van der Waals surface area contributed by atoms with Crippen LogP contribution in [-0.4, -0.2) is 28.6 Å². The molecule has 1 aromatic heterocycles. The highest BCUT2D eigenvalue weighted by molar-refractivity contribution is 7.13. The summed E-state index contributed by atoms with van der Waals surface area (Å²) in [6.45, 7) is 8.60. The van der Waals surface area contributed by atoms with Gasteiger partial charge in [0.1, 0.15) is 0 Å². The predicted octanol–water partition coefficient (Wildman–Crippen LogP) is 3.26. The standard InChI is InChI=1S/C13H20N2O2S/c1-5-10(4)11-8-18-13(14-11)15(9(2)3)7-6-12(16)17/h5,8-9H,6-7H2,1-4H3,(H,16,17)/b10-5+. The minimum absolute atomic E-state index is 0.135. The number of thiazole rings is 1. The highest BCUT2D eigenvalue weighted by atomic mass is 32.1. The third kappa shape index (κ3) is 3.84. The Bertz CT molecular complexity index is 438. The number of carboxylic acid groups (broad SMARTS) is 1. The van der Waals surface area contributed by atoms with Gasteiger partial charge in [-0.05, 0) is 33.3 Å². The van der Waals surface area contributed by atoms with Crippen molar-refractivity contribution in [1.82, 2.24) is 4.98 Å². The van der Waals surface area contributed by atoms with Gasteiger partial charge in [-0.15, -0.1) is 11.3 Å². The van der Waals surface area contributed by atoms with E-state index in [1.165, 1.54) is 0 Å². The lowest BCUT2D eigenvalue weighted by atomic mass is 10.2. The van der Waals surface area contributed by atoms with Gasteiger partial charge in [0, 0.05) is 18.0 Å². The molecule has 0 aliphatic rings. The number of carboxylic acids is 1. The number of aliphatic carboxylic acids is 1. The van der Waals surface area contributed by atoms with Crippen molar-refractivity contribution in [3.63, 3.8) is 0 Å². The van der Waals surface area contributed by atoms with E-state index < -0.39 is 5.97 Å². The monoisotopic (exact) mass is 268 g/mol. The summed E-state index contributed by atoms with van der Waals surface area (Å²) >= 11 is 1.56. The van der Waals surface area contributed by atoms with E-state index in [-0.39, 0.29) is 12.5 Å². The van der Waals surface area contributed by atoms with Gasteiger partial charge in [-0.1, -0.05) is 6.08 Å². The molecule has 0 aliphatic carbocycles. The molecular formula is C13H20N2O2S. The third-order valence-corrected chi connectivity index (χ3v) is 3.64. The van der Waals surface area contributed by atoms with Crippen LogP contribution in [0.25, 0.3) is 5.57 Å². The molecule has 1 aromatic rings. The van der Waals surface area contributed by atoms with E-state index in [4.69, 9.17) is 5.11 Å². The lowest BCUT2D eigenvalue weighted by molar-refractivity contribution is -0.136. The van der Waals surface area contributed by atoms with Gasteiger partial charge in [0.2, 0.25) is 0 Å². The molecular weight excluding hydrogens is 248 g/mol. The Balaban J connectivity index is 2.86. The Labute approximate surface area is 112 Å². The quantitative estimate of drug-likeness (QED) is 0.860. The van der Waals surface area contributed by atoms with Crippen molar-refractivity contribution >= 4 is 28.0 Å². The average Bonchev–Trinajstić information content (AvgIpc) is 2.76. The molecule has 0 aliphatic heterocycles. The summed E-state index contributed by atoms with van der Waals surface area (Å²) in [7, 11) is 0. The molecule has 0 atom stereocenters. The summed E-state index contributed by atoms with van der Waals surface area (Å²) in [6.07, 6.45) is 2.16. The zero-order valence-corrected chi connectivity index (χ0v) is 12.1. The van der Waals surface area contributed by atoms with Crippen molar-refractivity contribution in [1.29, 1.82) is 0 Å². The van der Waals surface area contributed by atoms with E-state index in [1.807, 2.05) is 44.1 Å². The van der Waals surface area contributed by atoms with Gasteiger partial charge in [-0.3, -0.25) is 4.79 Å². The van der Waals surface area contributed by atoms with Crippen LogP contribution in [0.5, 0.6) is 0 Å². The molecule has 1 heterocycles. The minimum Gasteiger partial charge on any atom is -0.481 e. The second kappa shape index (κ2) is 6.54. The maximum atomic E-state index is 10.7. The summed E-state index contributed by atoms with van der Waals surface area (Å²) in [5, 5.41) is 11.7. The molecule has 0 amide bonds. The van der Waals surface area contributed by atoms with E-state index in [1.54, 1.807) is 11.3 Å². The van der Waals surface area contributed by atoms with Crippen molar-refractivity contribution in [2.75, 3.05) is 11.4 Å². The van der Waals surface area contributed by atoms with Gasteiger partial charge in [-0.25, -0.2) is 4.98 Å². The van der Waals surface area contributed by atoms with Gasteiger partial charge >= 0.3 is 5.97 Å². The van der Waals surface area contributed by atoms with Crippen molar-refractivity contribution in [3.05, 3.63) is 17.2 Å². The minimum atomic E-state index is -0.776. The first kappa shape index (κ1) is 14.7. The molecule has 0 radical (unpaired) electrons. The van der Waals surface area contributed by atoms with E-state index in [9.17, 15) is 4.79 Å². The molecule has 0 spiro atoms. The first-order chi connectivity index (χ1) is 8.45. The van der Waals surface area contributed by atoms with Crippen LogP contribution in [0.15, 0.2) is 11.5 Å². The van der Waals surface area contributed by atoms with E-state index in [0.717, 1.165) is 16.4 Å². The molecule has 0 unspecified atom stereocenters. The third-order valence-electron chi connectivity index (χ3n) is 2.76. The number of hydrogen-bond acceptors (Lipinski definition) is 4. The highest BCUT2D eigenvalue weighted by Gasteiger charge is 2.16. The molecule has 0 saturated carbocycles. The Morgan fingerprint density at radius 2 is 2.28 bits per heavy atom. The summed E-state index contributed by atoms with van der Waals surface area (Å²) < 4.78 is 0. The van der Waals surface area contributed by atoms with Crippen LogP contribution in [0.3, 0.4) is 0 Å². The normalized spacial score (nSPS) is 11.9. The molecule has 18 heavy (non-hydrogen) atoms. The number of hydrogen-bond donors (Lipinski definition) is 1. The van der Waals surface area contributed by atoms with E-state index >= 15 is 0 Å². The SMILES string of the molecule is C/C=C(\C)c1csc(N(CCC(=O)O)C(C)C)n1.